The van der Waals surface area contributed by atoms with Crippen LogP contribution in [0.1, 0.15) is 27.0 Å². The van der Waals surface area contributed by atoms with Crippen LogP contribution in [0.15, 0.2) is 69.8 Å². The molecule has 1 aromatic heterocycles. The van der Waals surface area contributed by atoms with Crippen molar-refractivity contribution in [3.8, 4) is 0 Å². The molecule has 24 heavy (non-hydrogen) atoms. The fraction of sp³-hybridized carbons (Fsp3) is 0.105. The van der Waals surface area contributed by atoms with Crippen molar-refractivity contribution in [2.45, 2.75) is 12.3 Å². The maximum absolute atomic E-state index is 13.0. The van der Waals surface area contributed by atoms with Crippen molar-refractivity contribution in [2.24, 2.45) is 0 Å². The molecule has 1 aliphatic rings. The maximum atomic E-state index is 13.0. The van der Waals surface area contributed by atoms with E-state index in [2.05, 4.69) is 15.9 Å². The van der Waals surface area contributed by atoms with Crippen molar-refractivity contribution in [1.82, 2.24) is 4.90 Å². The van der Waals surface area contributed by atoms with E-state index < -0.39 is 5.72 Å². The van der Waals surface area contributed by atoms with E-state index in [0.717, 1.165) is 9.35 Å². The van der Waals surface area contributed by atoms with Gasteiger partial charge < -0.3 is 5.11 Å². The molecular formula is C19H14BrNO2S. The number of rotatable bonds is 3. The highest BCUT2D eigenvalue weighted by molar-refractivity contribution is 9.11. The Hall–Kier alpha value is -1.95. The number of aliphatic hydroxyl groups is 1. The lowest BCUT2D eigenvalue weighted by Gasteiger charge is -2.34. The summed E-state index contributed by atoms with van der Waals surface area (Å²) in [6, 6.07) is 18.6. The van der Waals surface area contributed by atoms with Crippen LogP contribution in [0.4, 0.5) is 0 Å². The molecule has 0 bridgehead atoms. The van der Waals surface area contributed by atoms with Crippen LogP contribution >= 0.6 is 27.3 Å². The number of carbonyl (C=O) groups excluding carboxylic acids is 1. The number of hydrogen-bond donors (Lipinski definition) is 1. The standard InChI is InChI=1S/C19H14BrNO2S/c20-17-13(10-11-24-17)12-21-18(22)15-8-4-5-9-16(15)19(21,23)14-6-2-1-3-7-14/h1-11,23H,12H2. The molecule has 0 fully saturated rings. The Balaban J connectivity index is 1.88. The van der Waals surface area contributed by atoms with Crippen molar-refractivity contribution in [1.29, 1.82) is 0 Å². The lowest BCUT2D eigenvalue weighted by Crippen LogP contribution is -2.44. The fourth-order valence-electron chi connectivity index (χ4n) is 3.18. The Labute approximate surface area is 152 Å². The largest absolute Gasteiger partial charge is 0.363 e. The van der Waals surface area contributed by atoms with Crippen LogP contribution in [0.3, 0.4) is 0 Å². The van der Waals surface area contributed by atoms with Crippen molar-refractivity contribution < 1.29 is 9.90 Å². The summed E-state index contributed by atoms with van der Waals surface area (Å²) >= 11 is 5.09. The average Bonchev–Trinajstić information content (AvgIpc) is 3.12. The van der Waals surface area contributed by atoms with Gasteiger partial charge in [0.2, 0.25) is 0 Å². The van der Waals surface area contributed by atoms with Crippen LogP contribution in [-0.2, 0) is 12.3 Å². The van der Waals surface area contributed by atoms with Crippen LogP contribution in [0, 0.1) is 0 Å². The summed E-state index contributed by atoms with van der Waals surface area (Å²) in [4.78, 5) is 14.5. The van der Waals surface area contributed by atoms with E-state index in [1.54, 1.807) is 22.3 Å². The normalized spacial score (nSPS) is 19.6. The second-order valence-electron chi connectivity index (χ2n) is 5.69. The highest BCUT2D eigenvalue weighted by Gasteiger charge is 2.49. The Morgan fingerprint density at radius 1 is 1.04 bits per heavy atom. The zero-order chi connectivity index (χ0) is 16.7. The minimum atomic E-state index is -1.46. The monoisotopic (exact) mass is 399 g/mol. The molecular weight excluding hydrogens is 386 g/mol. The summed E-state index contributed by atoms with van der Waals surface area (Å²) < 4.78 is 0.974. The lowest BCUT2D eigenvalue weighted by molar-refractivity contribution is -0.0543. The van der Waals surface area contributed by atoms with E-state index in [0.29, 0.717) is 23.2 Å². The zero-order valence-corrected chi connectivity index (χ0v) is 15.0. The molecule has 0 radical (unpaired) electrons. The molecule has 0 aliphatic carbocycles. The molecule has 0 saturated carbocycles. The van der Waals surface area contributed by atoms with Gasteiger partial charge in [-0.2, -0.15) is 0 Å². The number of fused-ring (bicyclic) bond motifs is 1. The van der Waals surface area contributed by atoms with Gasteiger partial charge in [0.25, 0.3) is 5.91 Å². The van der Waals surface area contributed by atoms with Crippen LogP contribution in [0.2, 0.25) is 0 Å². The predicted molar refractivity (Wildman–Crippen MR) is 97.8 cm³/mol. The van der Waals surface area contributed by atoms with E-state index in [-0.39, 0.29) is 5.91 Å². The number of nitrogens with zero attached hydrogens (tertiary/aromatic N) is 1. The summed E-state index contributed by atoms with van der Waals surface area (Å²) in [6.07, 6.45) is 0. The lowest BCUT2D eigenvalue weighted by atomic mass is 9.94. The number of benzene rings is 2. The van der Waals surface area contributed by atoms with Crippen LogP contribution in [-0.4, -0.2) is 15.9 Å². The van der Waals surface area contributed by atoms with Crippen molar-refractivity contribution >= 4 is 33.2 Å². The third kappa shape index (κ3) is 2.24. The first-order valence-corrected chi connectivity index (χ1v) is 9.21. The average molecular weight is 400 g/mol. The first-order valence-electron chi connectivity index (χ1n) is 7.53. The quantitative estimate of drug-likeness (QED) is 0.710. The number of thiophene rings is 1. The summed E-state index contributed by atoms with van der Waals surface area (Å²) in [5.74, 6) is -0.157. The Bertz CT molecular complexity index is 908. The Kier molecular flexibility index (Phi) is 3.79. The summed E-state index contributed by atoms with van der Waals surface area (Å²) in [5.41, 5.74) is 1.39. The number of amides is 1. The third-order valence-electron chi connectivity index (χ3n) is 4.37. The van der Waals surface area contributed by atoms with Crippen molar-refractivity contribution in [2.75, 3.05) is 0 Å². The molecule has 1 amide bonds. The topological polar surface area (TPSA) is 40.5 Å². The first-order chi connectivity index (χ1) is 11.6. The van der Waals surface area contributed by atoms with E-state index in [9.17, 15) is 9.90 Å². The second-order valence-corrected chi connectivity index (χ2v) is 7.93. The van der Waals surface area contributed by atoms with Crippen LogP contribution in [0.5, 0.6) is 0 Å². The summed E-state index contributed by atoms with van der Waals surface area (Å²) in [7, 11) is 0. The van der Waals surface area contributed by atoms with Gasteiger partial charge in [-0.1, -0.05) is 48.5 Å². The van der Waals surface area contributed by atoms with Crippen molar-refractivity contribution in [3.63, 3.8) is 0 Å². The van der Waals surface area contributed by atoms with Gasteiger partial charge in [0.05, 0.1) is 10.3 Å². The van der Waals surface area contributed by atoms with Gasteiger partial charge in [0.15, 0.2) is 5.72 Å². The predicted octanol–water partition coefficient (Wildman–Crippen LogP) is 4.36. The smallest absolute Gasteiger partial charge is 0.257 e. The molecule has 2 aromatic carbocycles. The fourth-order valence-corrected chi connectivity index (χ4v) is 4.40. The molecule has 120 valence electrons. The van der Waals surface area contributed by atoms with E-state index in [4.69, 9.17) is 0 Å². The molecule has 1 atom stereocenters. The van der Waals surface area contributed by atoms with Gasteiger partial charge in [-0.25, -0.2) is 0 Å². The van der Waals surface area contributed by atoms with E-state index in [1.165, 1.54) is 0 Å². The van der Waals surface area contributed by atoms with Gasteiger partial charge in [-0.3, -0.25) is 9.69 Å². The van der Waals surface area contributed by atoms with Gasteiger partial charge in [0, 0.05) is 16.7 Å². The van der Waals surface area contributed by atoms with Gasteiger partial charge in [-0.15, -0.1) is 11.3 Å². The minimum absolute atomic E-state index is 0.157. The molecule has 2 heterocycles. The molecule has 0 saturated heterocycles. The molecule has 0 spiro atoms. The first kappa shape index (κ1) is 15.6. The zero-order valence-electron chi connectivity index (χ0n) is 12.6. The Morgan fingerprint density at radius 2 is 1.75 bits per heavy atom. The number of halogens is 1. The van der Waals surface area contributed by atoms with Gasteiger partial charge in [-0.05, 0) is 39.0 Å². The highest BCUT2D eigenvalue weighted by atomic mass is 79.9. The molecule has 1 unspecified atom stereocenters. The number of carbonyl (C=O) groups is 1. The molecule has 4 rings (SSSR count). The Morgan fingerprint density at radius 3 is 2.46 bits per heavy atom. The maximum Gasteiger partial charge on any atom is 0.257 e. The van der Waals surface area contributed by atoms with Gasteiger partial charge >= 0.3 is 0 Å². The summed E-state index contributed by atoms with van der Waals surface area (Å²) in [5, 5.41) is 13.6. The van der Waals surface area contributed by atoms with Gasteiger partial charge in [0.1, 0.15) is 0 Å². The molecule has 5 heteroatoms. The second kappa shape index (κ2) is 5.84. The third-order valence-corrected chi connectivity index (χ3v) is 6.18. The minimum Gasteiger partial charge on any atom is -0.363 e. The van der Waals surface area contributed by atoms with Crippen molar-refractivity contribution in [3.05, 3.63) is 92.1 Å². The summed E-state index contributed by atoms with van der Waals surface area (Å²) in [6.45, 7) is 0.336. The molecule has 3 nitrogen and oxygen atoms in total. The molecule has 1 aliphatic heterocycles. The van der Waals surface area contributed by atoms with Crippen LogP contribution in [0.25, 0.3) is 0 Å². The molecule has 3 aromatic rings. The van der Waals surface area contributed by atoms with E-state index >= 15 is 0 Å². The molecule has 1 N–H and O–H groups in total. The number of hydrogen-bond acceptors (Lipinski definition) is 3. The van der Waals surface area contributed by atoms with E-state index in [1.807, 2.05) is 60.0 Å². The highest BCUT2D eigenvalue weighted by Crippen LogP contribution is 2.43. The van der Waals surface area contributed by atoms with Crippen LogP contribution < -0.4 is 0 Å². The SMILES string of the molecule is O=C1c2ccccc2C(O)(c2ccccc2)N1Cc1ccsc1Br.